The third-order valence-corrected chi connectivity index (χ3v) is 4.80. The third-order valence-electron chi connectivity index (χ3n) is 4.20. The van der Waals surface area contributed by atoms with Gasteiger partial charge in [-0.1, -0.05) is 17.7 Å². The highest BCUT2D eigenvalue weighted by molar-refractivity contribution is 7.80. The van der Waals surface area contributed by atoms with Crippen LogP contribution in [0.15, 0.2) is 42.5 Å². The molecule has 1 saturated heterocycles. The topological polar surface area (TPSA) is 18.5 Å². The number of benzene rings is 2. The van der Waals surface area contributed by atoms with Crippen LogP contribution < -0.4 is 10.2 Å². The van der Waals surface area contributed by atoms with E-state index in [2.05, 4.69) is 15.1 Å². The van der Waals surface area contributed by atoms with E-state index in [1.54, 1.807) is 0 Å². The maximum absolute atomic E-state index is 13.0. The van der Waals surface area contributed by atoms with Crippen molar-refractivity contribution in [1.29, 1.82) is 0 Å². The van der Waals surface area contributed by atoms with Gasteiger partial charge in [0.25, 0.3) is 0 Å². The van der Waals surface area contributed by atoms with Crippen LogP contribution in [0.1, 0.15) is 5.56 Å². The Morgan fingerprint density at radius 2 is 1.75 bits per heavy atom. The molecule has 3 rings (SSSR count). The van der Waals surface area contributed by atoms with Crippen LogP contribution >= 0.6 is 23.8 Å². The van der Waals surface area contributed by atoms with Crippen LogP contribution in [0.4, 0.5) is 15.8 Å². The van der Waals surface area contributed by atoms with Crippen molar-refractivity contribution in [3.8, 4) is 0 Å². The monoisotopic (exact) mass is 363 g/mol. The summed E-state index contributed by atoms with van der Waals surface area (Å²) >= 11 is 11.6. The Bertz CT molecular complexity index is 728. The maximum atomic E-state index is 13.0. The lowest BCUT2D eigenvalue weighted by Crippen LogP contribution is -2.50. The molecule has 1 aliphatic rings. The van der Waals surface area contributed by atoms with E-state index in [-0.39, 0.29) is 5.82 Å². The molecule has 0 saturated carbocycles. The van der Waals surface area contributed by atoms with Crippen molar-refractivity contribution in [3.63, 3.8) is 0 Å². The van der Waals surface area contributed by atoms with Crippen LogP contribution in [0.3, 0.4) is 0 Å². The summed E-state index contributed by atoms with van der Waals surface area (Å²) in [6, 6.07) is 12.4. The molecule has 6 heteroatoms. The fraction of sp³-hybridized carbons (Fsp3) is 0.278. The number of thiocarbonyl (C=S) groups is 1. The second-order valence-electron chi connectivity index (χ2n) is 5.84. The molecule has 0 radical (unpaired) electrons. The van der Waals surface area contributed by atoms with Gasteiger partial charge in [-0.25, -0.2) is 4.39 Å². The minimum Gasteiger partial charge on any atom is -0.368 e. The van der Waals surface area contributed by atoms with Crippen molar-refractivity contribution in [2.45, 2.75) is 6.92 Å². The molecule has 0 aliphatic carbocycles. The second kappa shape index (κ2) is 7.36. The van der Waals surface area contributed by atoms with Gasteiger partial charge < -0.3 is 15.1 Å². The number of aryl methyl sites for hydroxylation is 1. The molecular weight excluding hydrogens is 345 g/mol. The number of nitrogens with zero attached hydrogens (tertiary/aromatic N) is 2. The van der Waals surface area contributed by atoms with Gasteiger partial charge in [0.15, 0.2) is 5.11 Å². The molecule has 1 aliphatic heterocycles. The quantitative estimate of drug-likeness (QED) is 0.801. The average Bonchev–Trinajstić information content (AvgIpc) is 2.59. The number of piperazine rings is 1. The summed E-state index contributed by atoms with van der Waals surface area (Å²) in [7, 11) is 0. The highest BCUT2D eigenvalue weighted by Crippen LogP contribution is 2.21. The van der Waals surface area contributed by atoms with Gasteiger partial charge >= 0.3 is 0 Å². The number of halogens is 2. The molecular formula is C18H19ClFN3S. The molecule has 0 aromatic heterocycles. The van der Waals surface area contributed by atoms with E-state index in [1.807, 2.05) is 37.3 Å². The lowest BCUT2D eigenvalue weighted by atomic mass is 10.2. The van der Waals surface area contributed by atoms with Crippen molar-refractivity contribution in [2.24, 2.45) is 0 Å². The Kier molecular flexibility index (Phi) is 5.21. The molecule has 0 bridgehead atoms. The number of hydrogen-bond acceptors (Lipinski definition) is 2. The highest BCUT2D eigenvalue weighted by atomic mass is 35.5. The molecule has 24 heavy (non-hydrogen) atoms. The minimum absolute atomic E-state index is 0.209. The van der Waals surface area contributed by atoms with Crippen molar-refractivity contribution in [2.75, 3.05) is 36.4 Å². The summed E-state index contributed by atoms with van der Waals surface area (Å²) in [5.41, 5.74) is 3.08. The van der Waals surface area contributed by atoms with Crippen molar-refractivity contribution in [3.05, 3.63) is 58.9 Å². The number of nitrogens with one attached hydrogen (secondary N) is 1. The first-order valence-corrected chi connectivity index (χ1v) is 8.64. The molecule has 1 N–H and O–H groups in total. The van der Waals surface area contributed by atoms with Crippen molar-refractivity contribution in [1.82, 2.24) is 4.90 Å². The standard InChI is InChI=1S/C18H19ClFN3S/c1-13-2-3-14(19)12-17(13)21-18(24)23-10-8-22(9-11-23)16-6-4-15(20)5-7-16/h2-7,12H,8-11H2,1H3,(H,21,24). The van der Waals surface area contributed by atoms with Gasteiger partial charge in [0.05, 0.1) is 0 Å². The van der Waals surface area contributed by atoms with Gasteiger partial charge in [-0.3, -0.25) is 0 Å². The fourth-order valence-corrected chi connectivity index (χ4v) is 3.21. The predicted octanol–water partition coefficient (Wildman–Crippen LogP) is 4.31. The number of hydrogen-bond donors (Lipinski definition) is 1. The zero-order valence-electron chi connectivity index (χ0n) is 13.4. The van der Waals surface area contributed by atoms with E-state index in [4.69, 9.17) is 23.8 Å². The molecule has 0 atom stereocenters. The van der Waals surface area contributed by atoms with Gasteiger partial charge in [-0.15, -0.1) is 0 Å². The zero-order valence-corrected chi connectivity index (χ0v) is 15.0. The SMILES string of the molecule is Cc1ccc(Cl)cc1NC(=S)N1CCN(c2ccc(F)cc2)CC1. The van der Waals surface area contributed by atoms with E-state index in [1.165, 1.54) is 12.1 Å². The van der Waals surface area contributed by atoms with Crippen molar-refractivity contribution < 1.29 is 4.39 Å². The van der Waals surface area contributed by atoms with Crippen LogP contribution in [-0.4, -0.2) is 36.2 Å². The summed E-state index contributed by atoms with van der Waals surface area (Å²) in [5, 5.41) is 4.68. The van der Waals surface area contributed by atoms with E-state index < -0.39 is 0 Å². The Morgan fingerprint density at radius 1 is 1.08 bits per heavy atom. The number of anilines is 2. The van der Waals surface area contributed by atoms with Gasteiger partial charge in [0.1, 0.15) is 5.82 Å². The first-order valence-electron chi connectivity index (χ1n) is 7.85. The summed E-state index contributed by atoms with van der Waals surface area (Å²) in [6.45, 7) is 5.36. The maximum Gasteiger partial charge on any atom is 0.173 e. The van der Waals surface area contributed by atoms with Gasteiger partial charge in [-0.05, 0) is 61.1 Å². The molecule has 3 nitrogen and oxygen atoms in total. The van der Waals surface area contributed by atoms with E-state index in [0.29, 0.717) is 10.1 Å². The molecule has 126 valence electrons. The van der Waals surface area contributed by atoms with E-state index >= 15 is 0 Å². The van der Waals surface area contributed by atoms with Crippen LogP contribution in [0.25, 0.3) is 0 Å². The Labute approximate surface area is 152 Å². The zero-order chi connectivity index (χ0) is 17.1. The van der Waals surface area contributed by atoms with Crippen LogP contribution in [0.2, 0.25) is 5.02 Å². The second-order valence-corrected chi connectivity index (χ2v) is 6.66. The molecule has 0 spiro atoms. The average molecular weight is 364 g/mol. The molecule has 2 aromatic carbocycles. The lowest BCUT2D eigenvalue weighted by Gasteiger charge is -2.37. The van der Waals surface area contributed by atoms with E-state index in [9.17, 15) is 4.39 Å². The third kappa shape index (κ3) is 3.97. The lowest BCUT2D eigenvalue weighted by molar-refractivity contribution is 0.391. The van der Waals surface area contributed by atoms with Crippen molar-refractivity contribution >= 4 is 40.3 Å². The summed E-state index contributed by atoms with van der Waals surface area (Å²) in [6.07, 6.45) is 0. The van der Waals surface area contributed by atoms with Crippen LogP contribution in [-0.2, 0) is 0 Å². The summed E-state index contributed by atoms with van der Waals surface area (Å²) in [5.74, 6) is -0.209. The van der Waals surface area contributed by atoms with Gasteiger partial charge in [0, 0.05) is 42.6 Å². The minimum atomic E-state index is -0.209. The Hall–Kier alpha value is -1.85. The summed E-state index contributed by atoms with van der Waals surface area (Å²) < 4.78 is 13.0. The Balaban J connectivity index is 1.59. The van der Waals surface area contributed by atoms with Gasteiger partial charge in [-0.2, -0.15) is 0 Å². The fourth-order valence-electron chi connectivity index (χ4n) is 2.74. The van der Waals surface area contributed by atoms with Crippen LogP contribution in [0, 0.1) is 12.7 Å². The molecule has 1 heterocycles. The van der Waals surface area contributed by atoms with Crippen LogP contribution in [0.5, 0.6) is 0 Å². The normalized spacial score (nSPS) is 14.6. The Morgan fingerprint density at radius 3 is 2.42 bits per heavy atom. The largest absolute Gasteiger partial charge is 0.368 e. The molecule has 1 fully saturated rings. The van der Waals surface area contributed by atoms with Gasteiger partial charge in [0.2, 0.25) is 0 Å². The highest BCUT2D eigenvalue weighted by Gasteiger charge is 2.19. The van der Waals surface area contributed by atoms with E-state index in [0.717, 1.165) is 43.1 Å². The number of rotatable bonds is 2. The smallest absolute Gasteiger partial charge is 0.173 e. The first kappa shape index (κ1) is 17.0. The molecule has 0 amide bonds. The summed E-state index contributed by atoms with van der Waals surface area (Å²) in [4.78, 5) is 4.39. The first-order chi connectivity index (χ1) is 11.5. The molecule has 0 unspecified atom stereocenters. The molecule has 2 aromatic rings. The predicted molar refractivity (Wildman–Crippen MR) is 103 cm³/mol.